The molecule has 1 amide bonds. The zero-order chi connectivity index (χ0) is 18.8. The molecule has 6 nitrogen and oxygen atoms in total. The maximum absolute atomic E-state index is 13.0. The van der Waals surface area contributed by atoms with Gasteiger partial charge in [0.2, 0.25) is 0 Å². The number of ether oxygens (including phenoxy) is 1. The van der Waals surface area contributed by atoms with Crippen LogP contribution in [0.4, 0.5) is 0 Å². The molecule has 4 rings (SSSR count). The Balaban J connectivity index is 1.63. The van der Waals surface area contributed by atoms with Crippen molar-refractivity contribution in [3.63, 3.8) is 0 Å². The van der Waals surface area contributed by atoms with E-state index in [-0.39, 0.29) is 11.9 Å². The van der Waals surface area contributed by atoms with Crippen molar-refractivity contribution < 1.29 is 9.53 Å². The first kappa shape index (κ1) is 17.3. The predicted molar refractivity (Wildman–Crippen MR) is 102 cm³/mol. The van der Waals surface area contributed by atoms with Gasteiger partial charge in [0.15, 0.2) is 0 Å². The molecule has 0 bridgehead atoms. The topological polar surface area (TPSA) is 69.0 Å². The molecule has 27 heavy (non-hydrogen) atoms. The van der Waals surface area contributed by atoms with Gasteiger partial charge in [-0.1, -0.05) is 12.1 Å². The number of carbonyl (C=O) groups excluding carboxylic acids is 1. The summed E-state index contributed by atoms with van der Waals surface area (Å²) < 4.78 is 6.91. The molecular formula is C21H22N4O2. The Kier molecular flexibility index (Phi) is 4.62. The van der Waals surface area contributed by atoms with Crippen LogP contribution < -0.4 is 10.1 Å². The zero-order valence-electron chi connectivity index (χ0n) is 15.4. The quantitative estimate of drug-likeness (QED) is 0.731. The number of amides is 1. The third kappa shape index (κ3) is 3.69. The summed E-state index contributed by atoms with van der Waals surface area (Å²) in [5.74, 6) is 1.14. The van der Waals surface area contributed by atoms with Gasteiger partial charge in [0, 0.05) is 25.4 Å². The summed E-state index contributed by atoms with van der Waals surface area (Å²) in [6.07, 6.45) is 5.77. The number of hydrogen-bond acceptors (Lipinski definition) is 4. The standard InChI is InChI=1S/C21H22N4O2/c1-25-19(13-18(24-25)14-3-4-14)21(26)23-20(16-9-11-22-12-10-16)15-5-7-17(27-2)8-6-15/h5-14,20H,3-4H2,1-2H3,(H,23,26). The summed E-state index contributed by atoms with van der Waals surface area (Å²) in [6, 6.07) is 13.2. The Hall–Kier alpha value is -3.15. The average Bonchev–Trinajstić information content (AvgIpc) is 3.49. The SMILES string of the molecule is COc1ccc(C(NC(=O)c2cc(C3CC3)nn2C)c2ccncc2)cc1. The van der Waals surface area contributed by atoms with Crippen molar-refractivity contribution in [1.29, 1.82) is 0 Å². The highest BCUT2D eigenvalue weighted by molar-refractivity contribution is 5.93. The Labute approximate surface area is 158 Å². The van der Waals surface area contributed by atoms with Crippen molar-refractivity contribution in [3.8, 4) is 5.75 Å². The van der Waals surface area contributed by atoms with Crippen molar-refractivity contribution >= 4 is 5.91 Å². The number of hydrogen-bond donors (Lipinski definition) is 1. The van der Waals surface area contributed by atoms with Gasteiger partial charge in [0.1, 0.15) is 11.4 Å². The highest BCUT2D eigenvalue weighted by Crippen LogP contribution is 2.39. The Morgan fingerprint density at radius 3 is 2.44 bits per heavy atom. The number of methoxy groups -OCH3 is 1. The molecule has 1 aromatic carbocycles. The van der Waals surface area contributed by atoms with Crippen LogP contribution in [-0.2, 0) is 7.05 Å². The van der Waals surface area contributed by atoms with E-state index in [1.165, 1.54) is 0 Å². The fraction of sp³-hybridized carbons (Fsp3) is 0.286. The highest BCUT2D eigenvalue weighted by Gasteiger charge is 2.28. The summed E-state index contributed by atoms with van der Waals surface area (Å²) in [4.78, 5) is 17.1. The van der Waals surface area contributed by atoms with Crippen LogP contribution in [0, 0.1) is 0 Å². The minimum absolute atomic E-state index is 0.144. The van der Waals surface area contributed by atoms with Crippen molar-refractivity contribution in [2.75, 3.05) is 7.11 Å². The van der Waals surface area contributed by atoms with Gasteiger partial charge in [0.25, 0.3) is 5.91 Å². The maximum atomic E-state index is 13.0. The molecule has 2 aromatic heterocycles. The molecule has 1 atom stereocenters. The van der Waals surface area contributed by atoms with Crippen LogP contribution in [0.3, 0.4) is 0 Å². The largest absolute Gasteiger partial charge is 0.497 e. The minimum atomic E-state index is -0.286. The smallest absolute Gasteiger partial charge is 0.270 e. The summed E-state index contributed by atoms with van der Waals surface area (Å²) in [5, 5.41) is 7.65. The second-order valence-corrected chi connectivity index (χ2v) is 6.81. The number of benzene rings is 1. The molecule has 3 aromatic rings. The number of rotatable bonds is 6. The van der Waals surface area contributed by atoms with E-state index in [2.05, 4.69) is 15.4 Å². The van der Waals surface area contributed by atoms with Gasteiger partial charge < -0.3 is 10.1 Å². The van der Waals surface area contributed by atoms with Crippen molar-refractivity contribution in [3.05, 3.63) is 77.4 Å². The molecule has 1 aliphatic rings. The molecule has 0 radical (unpaired) electrons. The van der Waals surface area contributed by atoms with Gasteiger partial charge in [-0.05, 0) is 54.3 Å². The Morgan fingerprint density at radius 1 is 1.15 bits per heavy atom. The number of pyridine rings is 1. The van der Waals surface area contributed by atoms with Crippen molar-refractivity contribution in [1.82, 2.24) is 20.1 Å². The van der Waals surface area contributed by atoms with Crippen LogP contribution in [0.1, 0.15) is 52.1 Å². The lowest BCUT2D eigenvalue weighted by atomic mass is 9.99. The normalized spacial score (nSPS) is 14.6. The number of nitrogens with one attached hydrogen (secondary N) is 1. The zero-order valence-corrected chi connectivity index (χ0v) is 15.4. The van der Waals surface area contributed by atoms with E-state index in [0.717, 1.165) is 35.4 Å². The molecule has 1 aliphatic carbocycles. The van der Waals surface area contributed by atoms with Crippen LogP contribution >= 0.6 is 0 Å². The second kappa shape index (κ2) is 7.23. The molecule has 2 heterocycles. The molecule has 1 fully saturated rings. The predicted octanol–water partition coefficient (Wildman–Crippen LogP) is 3.22. The van der Waals surface area contributed by atoms with E-state index in [1.54, 1.807) is 24.2 Å². The molecular weight excluding hydrogens is 340 g/mol. The molecule has 1 N–H and O–H groups in total. The average molecular weight is 362 g/mol. The first-order valence-corrected chi connectivity index (χ1v) is 9.04. The van der Waals surface area contributed by atoms with Crippen molar-refractivity contribution in [2.24, 2.45) is 7.05 Å². The molecule has 138 valence electrons. The van der Waals surface area contributed by atoms with E-state index in [1.807, 2.05) is 49.5 Å². The maximum Gasteiger partial charge on any atom is 0.270 e. The van der Waals surface area contributed by atoms with Gasteiger partial charge in [-0.25, -0.2) is 0 Å². The molecule has 0 saturated heterocycles. The fourth-order valence-corrected chi connectivity index (χ4v) is 3.20. The fourth-order valence-electron chi connectivity index (χ4n) is 3.20. The van der Waals surface area contributed by atoms with Crippen LogP contribution in [0.2, 0.25) is 0 Å². The molecule has 0 aliphatic heterocycles. The molecule has 1 unspecified atom stereocenters. The minimum Gasteiger partial charge on any atom is -0.497 e. The summed E-state index contributed by atoms with van der Waals surface area (Å²) >= 11 is 0. The van der Waals surface area contributed by atoms with Gasteiger partial charge >= 0.3 is 0 Å². The van der Waals surface area contributed by atoms with Gasteiger partial charge in [-0.2, -0.15) is 5.10 Å². The monoisotopic (exact) mass is 362 g/mol. The van der Waals surface area contributed by atoms with Crippen LogP contribution in [0.15, 0.2) is 54.9 Å². The molecule has 6 heteroatoms. The van der Waals surface area contributed by atoms with E-state index in [9.17, 15) is 4.79 Å². The number of aromatic nitrogens is 3. The van der Waals surface area contributed by atoms with E-state index in [0.29, 0.717) is 11.6 Å². The van der Waals surface area contributed by atoms with E-state index in [4.69, 9.17) is 4.74 Å². The third-order valence-corrected chi connectivity index (χ3v) is 4.89. The second-order valence-electron chi connectivity index (χ2n) is 6.81. The van der Waals surface area contributed by atoms with E-state index < -0.39 is 0 Å². The van der Waals surface area contributed by atoms with Gasteiger partial charge in [-0.3, -0.25) is 14.5 Å². The van der Waals surface area contributed by atoms with E-state index >= 15 is 0 Å². The molecule has 1 saturated carbocycles. The van der Waals surface area contributed by atoms with Gasteiger partial charge in [-0.15, -0.1) is 0 Å². The highest BCUT2D eigenvalue weighted by atomic mass is 16.5. The lowest BCUT2D eigenvalue weighted by molar-refractivity contribution is 0.0933. The third-order valence-electron chi connectivity index (χ3n) is 4.89. The summed E-state index contributed by atoms with van der Waals surface area (Å²) in [5.41, 5.74) is 3.52. The van der Waals surface area contributed by atoms with Crippen LogP contribution in [0.25, 0.3) is 0 Å². The summed E-state index contributed by atoms with van der Waals surface area (Å²) in [6.45, 7) is 0. The lowest BCUT2D eigenvalue weighted by Gasteiger charge is -2.20. The first-order valence-electron chi connectivity index (χ1n) is 9.04. The van der Waals surface area contributed by atoms with Crippen LogP contribution in [-0.4, -0.2) is 27.8 Å². The Morgan fingerprint density at radius 2 is 1.81 bits per heavy atom. The first-order chi connectivity index (χ1) is 13.2. The number of nitrogens with zero attached hydrogens (tertiary/aromatic N) is 3. The van der Waals surface area contributed by atoms with Gasteiger partial charge in [0.05, 0.1) is 18.8 Å². The lowest BCUT2D eigenvalue weighted by Crippen LogP contribution is -2.30. The number of carbonyl (C=O) groups is 1. The molecule has 0 spiro atoms. The van der Waals surface area contributed by atoms with Crippen LogP contribution in [0.5, 0.6) is 5.75 Å². The summed E-state index contributed by atoms with van der Waals surface area (Å²) in [7, 11) is 3.45. The Bertz CT molecular complexity index is 931. The number of aryl methyl sites for hydroxylation is 1. The van der Waals surface area contributed by atoms with Crippen molar-refractivity contribution in [2.45, 2.75) is 24.8 Å².